The van der Waals surface area contributed by atoms with Gasteiger partial charge in [-0.25, -0.2) is 0 Å². The Labute approximate surface area is 109 Å². The highest BCUT2D eigenvalue weighted by Gasteiger charge is 2.17. The van der Waals surface area contributed by atoms with Crippen molar-refractivity contribution < 1.29 is 4.79 Å². The number of aryl methyl sites for hydroxylation is 1. The van der Waals surface area contributed by atoms with Crippen molar-refractivity contribution in [1.29, 1.82) is 0 Å². The second-order valence-electron chi connectivity index (χ2n) is 3.12. The summed E-state index contributed by atoms with van der Waals surface area (Å²) >= 11 is 10.6. The molecule has 4 nitrogen and oxygen atoms in total. The van der Waals surface area contributed by atoms with Crippen LogP contribution in [-0.4, -0.2) is 15.7 Å². The van der Waals surface area contributed by atoms with Crippen molar-refractivity contribution in [3.8, 4) is 10.6 Å². The topological polar surface area (TPSA) is 60.9 Å². The number of carbonyl (C=O) groups excluding carboxylic acids is 1. The summed E-state index contributed by atoms with van der Waals surface area (Å²) in [5, 5.41) is 4.58. The number of hydrogen-bond donors (Lipinski definition) is 1. The Hall–Kier alpha value is -0.850. The summed E-state index contributed by atoms with van der Waals surface area (Å²) < 4.78 is 2.34. The molecule has 0 aliphatic rings. The zero-order valence-electron chi connectivity index (χ0n) is 8.20. The Bertz CT molecular complexity index is 544. The highest BCUT2D eigenvalue weighted by Crippen LogP contribution is 2.37. The Morgan fingerprint density at radius 1 is 1.69 bits per heavy atom. The number of thiophene rings is 1. The van der Waals surface area contributed by atoms with Crippen molar-refractivity contribution in [2.45, 2.75) is 0 Å². The van der Waals surface area contributed by atoms with Crippen molar-refractivity contribution in [3.05, 3.63) is 26.6 Å². The monoisotopic (exact) mass is 319 g/mol. The first-order valence-electron chi connectivity index (χ1n) is 4.27. The van der Waals surface area contributed by atoms with Crippen LogP contribution in [0.2, 0.25) is 5.02 Å². The first kappa shape index (κ1) is 11.6. The molecule has 2 aromatic heterocycles. The average molecular weight is 321 g/mol. The van der Waals surface area contributed by atoms with Crippen LogP contribution in [0, 0.1) is 0 Å². The lowest BCUT2D eigenvalue weighted by Crippen LogP contribution is -2.08. The summed E-state index contributed by atoms with van der Waals surface area (Å²) in [5.41, 5.74) is 6.02. The highest BCUT2D eigenvalue weighted by molar-refractivity contribution is 9.10. The van der Waals surface area contributed by atoms with Crippen LogP contribution >= 0.6 is 38.9 Å². The molecule has 0 atom stereocenters. The van der Waals surface area contributed by atoms with Crippen LogP contribution in [0.4, 0.5) is 0 Å². The van der Waals surface area contributed by atoms with Gasteiger partial charge >= 0.3 is 0 Å². The summed E-state index contributed by atoms with van der Waals surface area (Å²) in [4.78, 5) is 12.5. The fourth-order valence-electron chi connectivity index (χ4n) is 1.34. The van der Waals surface area contributed by atoms with Gasteiger partial charge in [-0.1, -0.05) is 11.6 Å². The molecule has 0 saturated heterocycles. The van der Waals surface area contributed by atoms with E-state index >= 15 is 0 Å². The Balaban J connectivity index is 2.58. The molecule has 84 valence electrons. The molecule has 2 N–H and O–H groups in total. The molecule has 2 rings (SSSR count). The molecule has 0 radical (unpaired) electrons. The molecule has 0 aliphatic carbocycles. The molecule has 1 amide bonds. The number of carbonyl (C=O) groups is 1. The van der Waals surface area contributed by atoms with E-state index in [0.717, 1.165) is 10.6 Å². The van der Waals surface area contributed by atoms with Gasteiger partial charge in [0.15, 0.2) is 0 Å². The van der Waals surface area contributed by atoms with E-state index in [1.807, 2.05) is 6.07 Å². The zero-order valence-corrected chi connectivity index (χ0v) is 11.4. The highest BCUT2D eigenvalue weighted by atomic mass is 79.9. The van der Waals surface area contributed by atoms with Crippen LogP contribution < -0.4 is 5.73 Å². The van der Waals surface area contributed by atoms with Crippen LogP contribution in [0.3, 0.4) is 0 Å². The van der Waals surface area contributed by atoms with Crippen LogP contribution in [0.1, 0.15) is 9.67 Å². The van der Waals surface area contributed by atoms with Gasteiger partial charge in [-0.15, -0.1) is 11.3 Å². The van der Waals surface area contributed by atoms with Crippen molar-refractivity contribution in [2.75, 3.05) is 0 Å². The fourth-order valence-corrected chi connectivity index (χ4v) is 3.48. The zero-order chi connectivity index (χ0) is 11.9. The van der Waals surface area contributed by atoms with E-state index in [9.17, 15) is 4.79 Å². The molecule has 0 saturated carbocycles. The van der Waals surface area contributed by atoms with Gasteiger partial charge < -0.3 is 5.73 Å². The number of rotatable bonds is 2. The molecular weight excluding hydrogens is 314 g/mol. The summed E-state index contributed by atoms with van der Waals surface area (Å²) in [5.74, 6) is -0.457. The molecule has 7 heteroatoms. The number of aromatic nitrogens is 2. The van der Waals surface area contributed by atoms with Gasteiger partial charge in [-0.3, -0.25) is 9.48 Å². The maximum atomic E-state index is 11.1. The van der Waals surface area contributed by atoms with Gasteiger partial charge in [0, 0.05) is 11.5 Å². The molecule has 0 fully saturated rings. The predicted octanol–water partition coefficient (Wildman–Crippen LogP) is 2.66. The molecule has 2 heterocycles. The maximum absolute atomic E-state index is 11.1. The Kier molecular flexibility index (Phi) is 3.05. The summed E-state index contributed by atoms with van der Waals surface area (Å²) in [6.07, 6.45) is 1.56. The van der Waals surface area contributed by atoms with Crippen LogP contribution in [0.15, 0.2) is 16.7 Å². The van der Waals surface area contributed by atoms with E-state index in [4.69, 9.17) is 17.3 Å². The van der Waals surface area contributed by atoms with E-state index in [1.165, 1.54) is 11.3 Å². The number of nitrogens with zero attached hydrogens (tertiary/aromatic N) is 2. The molecule has 16 heavy (non-hydrogen) atoms. The molecule has 0 aromatic carbocycles. The van der Waals surface area contributed by atoms with Crippen molar-refractivity contribution in [3.63, 3.8) is 0 Å². The maximum Gasteiger partial charge on any atom is 0.259 e. The third-order valence-corrected chi connectivity index (χ3v) is 4.36. The molecule has 2 aromatic rings. The molecule has 0 spiro atoms. The third kappa shape index (κ3) is 1.88. The first-order chi connectivity index (χ1) is 7.50. The number of hydrogen-bond acceptors (Lipinski definition) is 3. The van der Waals surface area contributed by atoms with Crippen molar-refractivity contribution in [2.24, 2.45) is 12.8 Å². The van der Waals surface area contributed by atoms with Gasteiger partial charge in [-0.2, -0.15) is 5.10 Å². The summed E-state index contributed by atoms with van der Waals surface area (Å²) in [7, 11) is 1.79. The predicted molar refractivity (Wildman–Crippen MR) is 67.7 cm³/mol. The number of halogens is 2. The number of primary amides is 1. The lowest BCUT2D eigenvalue weighted by Gasteiger charge is -1.97. The molecular formula is C9H7BrClN3OS. The standard InChI is InChI=1S/C9H7BrClN3OS/c1-14-7(5(11)3-13-14)6-2-4(10)8(16-6)9(12)15/h2-3H,1H3,(H2,12,15). The van der Waals surface area contributed by atoms with Crippen LogP contribution in [-0.2, 0) is 7.05 Å². The minimum atomic E-state index is -0.457. The van der Waals surface area contributed by atoms with Gasteiger partial charge in [0.25, 0.3) is 5.91 Å². The van der Waals surface area contributed by atoms with E-state index < -0.39 is 5.91 Å². The molecule has 0 aliphatic heterocycles. The average Bonchev–Trinajstić information content (AvgIpc) is 2.70. The van der Waals surface area contributed by atoms with Gasteiger partial charge in [0.05, 0.1) is 21.8 Å². The smallest absolute Gasteiger partial charge is 0.259 e. The van der Waals surface area contributed by atoms with Crippen LogP contribution in [0.5, 0.6) is 0 Å². The van der Waals surface area contributed by atoms with Gasteiger partial charge in [0.2, 0.25) is 0 Å². The summed E-state index contributed by atoms with van der Waals surface area (Å²) in [6, 6.07) is 1.81. The molecule has 0 unspecified atom stereocenters. The Morgan fingerprint density at radius 3 is 2.81 bits per heavy atom. The van der Waals surface area contributed by atoms with Gasteiger partial charge in [0.1, 0.15) is 4.88 Å². The largest absolute Gasteiger partial charge is 0.365 e. The van der Waals surface area contributed by atoms with E-state index in [1.54, 1.807) is 17.9 Å². The number of nitrogens with two attached hydrogens (primary N) is 1. The van der Waals surface area contributed by atoms with Gasteiger partial charge in [-0.05, 0) is 22.0 Å². The minimum absolute atomic E-state index is 0.457. The van der Waals surface area contributed by atoms with E-state index in [-0.39, 0.29) is 0 Å². The number of amides is 1. The SMILES string of the molecule is Cn1ncc(Cl)c1-c1cc(Br)c(C(N)=O)s1. The third-order valence-electron chi connectivity index (χ3n) is 2.04. The van der Waals surface area contributed by atoms with Crippen LogP contribution in [0.25, 0.3) is 10.6 Å². The fraction of sp³-hybridized carbons (Fsp3) is 0.111. The van der Waals surface area contributed by atoms with E-state index in [0.29, 0.717) is 14.4 Å². The Morgan fingerprint density at radius 2 is 2.38 bits per heavy atom. The normalized spacial score (nSPS) is 10.7. The van der Waals surface area contributed by atoms with E-state index in [2.05, 4.69) is 21.0 Å². The van der Waals surface area contributed by atoms with Crippen molar-refractivity contribution >= 4 is 44.8 Å². The first-order valence-corrected chi connectivity index (χ1v) is 6.26. The second-order valence-corrected chi connectivity index (χ2v) is 5.43. The quantitative estimate of drug-likeness (QED) is 0.924. The second kappa shape index (κ2) is 4.20. The lowest BCUT2D eigenvalue weighted by molar-refractivity contribution is 0.100. The minimum Gasteiger partial charge on any atom is -0.365 e. The summed E-state index contributed by atoms with van der Waals surface area (Å²) in [6.45, 7) is 0. The van der Waals surface area contributed by atoms with Crippen molar-refractivity contribution in [1.82, 2.24) is 9.78 Å². The lowest BCUT2D eigenvalue weighted by atomic mass is 10.3. The molecule has 0 bridgehead atoms.